The molecule has 0 bridgehead atoms. The molecule has 62 valence electrons. The Kier molecular flexibility index (Phi) is 3.41. The third-order valence-corrected chi connectivity index (χ3v) is 5.10. The predicted octanol–water partition coefficient (Wildman–Crippen LogP) is 3.25. The topological polar surface area (TPSA) is 26.3 Å². The molecule has 0 radical (unpaired) electrons. The summed E-state index contributed by atoms with van der Waals surface area (Å²) in [5.41, 5.74) is 0. The number of halogens is 1. The Morgan fingerprint density at radius 1 is 1.50 bits per heavy atom. The minimum absolute atomic E-state index is 0.401. The zero-order valence-electron chi connectivity index (χ0n) is 6.85. The summed E-state index contributed by atoms with van der Waals surface area (Å²) >= 11 is 5.65. The van der Waals surface area contributed by atoms with E-state index in [0.29, 0.717) is 6.61 Å². The van der Waals surface area contributed by atoms with Crippen molar-refractivity contribution in [2.45, 2.75) is 32.9 Å². The van der Waals surface area contributed by atoms with E-state index in [1.807, 2.05) is 0 Å². The Hall–Kier alpha value is 0.480. The van der Waals surface area contributed by atoms with Crippen molar-refractivity contribution in [3.05, 3.63) is 0 Å². The molecular formula is C6H14ClO2P. The highest BCUT2D eigenvalue weighted by Gasteiger charge is 2.35. The Morgan fingerprint density at radius 2 is 1.90 bits per heavy atom. The Labute approximate surface area is 67.1 Å². The first-order valence-corrected chi connectivity index (χ1v) is 5.78. The van der Waals surface area contributed by atoms with Gasteiger partial charge in [0.2, 0.25) is 0 Å². The summed E-state index contributed by atoms with van der Waals surface area (Å²) in [5, 5.41) is -0.454. The molecule has 10 heavy (non-hydrogen) atoms. The second kappa shape index (κ2) is 3.25. The average Bonchev–Trinajstić information content (AvgIpc) is 1.61. The van der Waals surface area contributed by atoms with E-state index in [9.17, 15) is 4.57 Å². The molecular weight excluding hydrogens is 170 g/mol. The molecule has 0 N–H and O–H groups in total. The molecule has 0 aliphatic rings. The second-order valence-corrected chi connectivity index (χ2v) is 6.96. The third kappa shape index (κ3) is 2.61. The zero-order valence-corrected chi connectivity index (χ0v) is 8.50. The molecule has 4 heteroatoms. The Morgan fingerprint density at radius 3 is 2.00 bits per heavy atom. The maximum Gasteiger partial charge on any atom is 0.295 e. The highest BCUT2D eigenvalue weighted by atomic mass is 35.7. The molecule has 0 aromatic heterocycles. The van der Waals surface area contributed by atoms with Gasteiger partial charge >= 0.3 is 0 Å². The molecule has 0 amide bonds. The first-order chi connectivity index (χ1) is 4.31. The van der Waals surface area contributed by atoms with Gasteiger partial charge in [-0.15, -0.1) is 0 Å². The van der Waals surface area contributed by atoms with Gasteiger partial charge in [0.1, 0.15) is 0 Å². The lowest BCUT2D eigenvalue weighted by Gasteiger charge is -2.23. The molecule has 0 saturated heterocycles. The maximum atomic E-state index is 11.4. The van der Waals surface area contributed by atoms with Crippen molar-refractivity contribution >= 4 is 18.0 Å². The summed E-state index contributed by atoms with van der Waals surface area (Å²) in [6.45, 7) is 4.68. The Bertz CT molecular complexity index is 150. The normalized spacial score (nSPS) is 18.5. The molecule has 1 atom stereocenters. The largest absolute Gasteiger partial charge is 0.317 e. The van der Waals surface area contributed by atoms with E-state index in [1.165, 1.54) is 0 Å². The zero-order chi connectivity index (χ0) is 8.41. The van der Waals surface area contributed by atoms with Crippen molar-refractivity contribution < 1.29 is 9.09 Å². The smallest absolute Gasteiger partial charge is 0.295 e. The van der Waals surface area contributed by atoms with E-state index in [-0.39, 0.29) is 0 Å². The van der Waals surface area contributed by atoms with Gasteiger partial charge in [0.05, 0.1) is 11.8 Å². The van der Waals surface area contributed by atoms with Gasteiger partial charge in [-0.1, -0.05) is 0 Å². The maximum absolute atomic E-state index is 11.4. The van der Waals surface area contributed by atoms with Crippen LogP contribution in [0.15, 0.2) is 0 Å². The fourth-order valence-corrected chi connectivity index (χ4v) is 1.37. The monoisotopic (exact) mass is 184 g/mol. The van der Waals surface area contributed by atoms with Crippen molar-refractivity contribution in [1.29, 1.82) is 0 Å². The summed E-state index contributed by atoms with van der Waals surface area (Å²) in [5.74, 6) is 0. The van der Waals surface area contributed by atoms with E-state index in [2.05, 4.69) is 0 Å². The van der Waals surface area contributed by atoms with Crippen LogP contribution < -0.4 is 0 Å². The van der Waals surface area contributed by atoms with Gasteiger partial charge in [-0.05, 0) is 38.9 Å². The number of rotatable bonds is 2. The van der Waals surface area contributed by atoms with Crippen LogP contribution in [0.4, 0.5) is 0 Å². The third-order valence-electron chi connectivity index (χ3n) is 1.10. The van der Waals surface area contributed by atoms with Crippen LogP contribution in [0.25, 0.3) is 0 Å². The predicted molar refractivity (Wildman–Crippen MR) is 44.8 cm³/mol. The summed E-state index contributed by atoms with van der Waals surface area (Å²) < 4.78 is 16.3. The lowest BCUT2D eigenvalue weighted by molar-refractivity contribution is 0.329. The van der Waals surface area contributed by atoms with Crippen molar-refractivity contribution in [1.82, 2.24) is 0 Å². The molecule has 2 nitrogen and oxygen atoms in total. The minimum Gasteiger partial charge on any atom is -0.317 e. The van der Waals surface area contributed by atoms with Crippen LogP contribution in [-0.4, -0.2) is 11.8 Å². The highest BCUT2D eigenvalue weighted by molar-refractivity contribution is 7.86. The molecule has 0 saturated carbocycles. The number of hydrogen-bond acceptors (Lipinski definition) is 2. The summed E-state index contributed by atoms with van der Waals surface area (Å²) in [4.78, 5) is 0. The van der Waals surface area contributed by atoms with Gasteiger partial charge in [0, 0.05) is 0 Å². The van der Waals surface area contributed by atoms with Crippen molar-refractivity contribution in [2.24, 2.45) is 0 Å². The number of hydrogen-bond donors (Lipinski definition) is 0. The quantitative estimate of drug-likeness (QED) is 0.616. The van der Waals surface area contributed by atoms with E-state index in [1.54, 1.807) is 27.7 Å². The first-order valence-electron chi connectivity index (χ1n) is 3.25. The van der Waals surface area contributed by atoms with Crippen LogP contribution in [-0.2, 0) is 9.09 Å². The molecule has 0 fully saturated rings. The van der Waals surface area contributed by atoms with Crippen LogP contribution >= 0.6 is 18.0 Å². The van der Waals surface area contributed by atoms with E-state index >= 15 is 0 Å². The molecule has 1 unspecified atom stereocenters. The fraction of sp³-hybridized carbons (Fsp3) is 1.00. The van der Waals surface area contributed by atoms with Crippen molar-refractivity contribution in [3.8, 4) is 0 Å². The van der Waals surface area contributed by atoms with Gasteiger partial charge in [0.15, 0.2) is 0 Å². The summed E-state index contributed by atoms with van der Waals surface area (Å²) in [6.07, 6.45) is 0. The highest BCUT2D eigenvalue weighted by Crippen LogP contribution is 2.62. The standard InChI is InChI=1S/C6H14ClO2P/c1-5-9-10(7,8)6(2,3)4/h5H2,1-4H3. The molecule has 0 rings (SSSR count). The van der Waals surface area contributed by atoms with E-state index in [4.69, 9.17) is 15.8 Å². The second-order valence-electron chi connectivity index (χ2n) is 3.07. The van der Waals surface area contributed by atoms with Gasteiger partial charge in [-0.3, -0.25) is 4.57 Å². The first kappa shape index (κ1) is 10.5. The minimum atomic E-state index is -2.90. The van der Waals surface area contributed by atoms with Crippen molar-refractivity contribution in [3.63, 3.8) is 0 Å². The average molecular weight is 185 g/mol. The van der Waals surface area contributed by atoms with Crippen LogP contribution in [0.2, 0.25) is 0 Å². The lowest BCUT2D eigenvalue weighted by Crippen LogP contribution is -2.13. The van der Waals surface area contributed by atoms with E-state index in [0.717, 1.165) is 0 Å². The molecule has 0 aliphatic carbocycles. The lowest BCUT2D eigenvalue weighted by atomic mass is 10.3. The van der Waals surface area contributed by atoms with Gasteiger partial charge < -0.3 is 4.52 Å². The molecule has 0 aromatic rings. The van der Waals surface area contributed by atoms with Crippen LogP contribution in [0.3, 0.4) is 0 Å². The summed E-state index contributed by atoms with van der Waals surface area (Å²) in [7, 11) is 0. The summed E-state index contributed by atoms with van der Waals surface area (Å²) in [6, 6.07) is 0. The SMILES string of the molecule is CCOP(=O)(Cl)C(C)(C)C. The Balaban J connectivity index is 4.26. The van der Waals surface area contributed by atoms with Gasteiger partial charge in [-0.25, -0.2) is 0 Å². The molecule has 0 aliphatic heterocycles. The fourth-order valence-electron chi connectivity index (χ4n) is 0.360. The van der Waals surface area contributed by atoms with Crippen LogP contribution in [0, 0.1) is 0 Å². The van der Waals surface area contributed by atoms with Crippen molar-refractivity contribution in [2.75, 3.05) is 6.61 Å². The van der Waals surface area contributed by atoms with Gasteiger partial charge in [0.25, 0.3) is 6.72 Å². The van der Waals surface area contributed by atoms with Crippen LogP contribution in [0.1, 0.15) is 27.7 Å². The van der Waals surface area contributed by atoms with Crippen LogP contribution in [0.5, 0.6) is 0 Å². The van der Waals surface area contributed by atoms with E-state index < -0.39 is 11.9 Å². The van der Waals surface area contributed by atoms with Gasteiger partial charge in [-0.2, -0.15) is 0 Å². The molecule has 0 aromatic carbocycles. The molecule has 0 heterocycles. The molecule has 0 spiro atoms.